The monoisotopic (exact) mass is 354 g/mol. The smallest absolute Gasteiger partial charge is 0.195 e. The Morgan fingerprint density at radius 3 is 2.38 bits per heavy atom. The molecule has 1 aliphatic rings. The molecule has 2 rings (SSSR count). The molecule has 6 heteroatoms. The second-order valence-corrected chi connectivity index (χ2v) is 12.7. The molecule has 0 radical (unpaired) electrons. The average molecular weight is 355 g/mol. The first-order valence-electron chi connectivity index (χ1n) is 8.43. The second-order valence-electron chi connectivity index (χ2n) is 7.90. The predicted molar refractivity (Wildman–Crippen MR) is 95.1 cm³/mol. The maximum absolute atomic E-state index is 10.6. The molecular weight excluding hydrogens is 324 g/mol. The van der Waals surface area contributed by atoms with E-state index in [1.807, 2.05) is 30.3 Å². The minimum atomic E-state index is -2.09. The van der Waals surface area contributed by atoms with Gasteiger partial charge in [0.15, 0.2) is 14.6 Å². The van der Waals surface area contributed by atoms with Gasteiger partial charge in [-0.1, -0.05) is 51.1 Å². The highest BCUT2D eigenvalue weighted by molar-refractivity contribution is 6.74. The number of ether oxygens (including phenoxy) is 2. The summed E-state index contributed by atoms with van der Waals surface area (Å²) < 4.78 is 17.5. The first-order chi connectivity index (χ1) is 11.1. The molecule has 0 unspecified atom stereocenters. The van der Waals surface area contributed by atoms with Gasteiger partial charge in [0.2, 0.25) is 0 Å². The molecule has 1 heterocycles. The third kappa shape index (κ3) is 4.65. The van der Waals surface area contributed by atoms with Crippen LogP contribution in [0.2, 0.25) is 18.1 Å². The van der Waals surface area contributed by atoms with E-state index in [0.717, 1.165) is 5.56 Å². The lowest BCUT2D eigenvalue weighted by Gasteiger charge is -2.44. The summed E-state index contributed by atoms with van der Waals surface area (Å²) in [5.41, 5.74) is 0.991. The van der Waals surface area contributed by atoms with Crippen LogP contribution < -0.4 is 0 Å². The fourth-order valence-corrected chi connectivity index (χ4v) is 3.46. The molecule has 1 aliphatic heterocycles. The topological polar surface area (TPSA) is 68.2 Å². The molecule has 1 aromatic rings. The van der Waals surface area contributed by atoms with Crippen LogP contribution in [0, 0.1) is 0 Å². The van der Waals surface area contributed by atoms with Crippen molar-refractivity contribution in [1.29, 1.82) is 0 Å². The van der Waals surface area contributed by atoms with Gasteiger partial charge in [0.1, 0.15) is 18.3 Å². The predicted octanol–water partition coefficient (Wildman–Crippen LogP) is 2.67. The van der Waals surface area contributed by atoms with Crippen molar-refractivity contribution in [2.75, 3.05) is 6.61 Å². The zero-order valence-corrected chi connectivity index (χ0v) is 16.2. The molecule has 2 N–H and O–H groups in total. The molecule has 1 aromatic carbocycles. The molecule has 0 amide bonds. The summed E-state index contributed by atoms with van der Waals surface area (Å²) in [6, 6.07) is 9.69. The number of hydrogen-bond acceptors (Lipinski definition) is 5. The minimum Gasteiger partial charge on any atom is -0.390 e. The van der Waals surface area contributed by atoms with Crippen LogP contribution in [0.25, 0.3) is 0 Å². The minimum absolute atomic E-state index is 0.00648. The maximum atomic E-state index is 10.6. The molecule has 1 saturated heterocycles. The summed E-state index contributed by atoms with van der Waals surface area (Å²) in [6.07, 6.45) is -3.39. The molecule has 0 aromatic heterocycles. The van der Waals surface area contributed by atoms with Crippen LogP contribution in [0.4, 0.5) is 0 Å². The van der Waals surface area contributed by atoms with Crippen LogP contribution >= 0.6 is 0 Å². The van der Waals surface area contributed by atoms with Crippen molar-refractivity contribution in [3.63, 3.8) is 0 Å². The van der Waals surface area contributed by atoms with Crippen molar-refractivity contribution < 1.29 is 24.1 Å². The van der Waals surface area contributed by atoms with E-state index < -0.39 is 32.9 Å². The largest absolute Gasteiger partial charge is 0.390 e. The summed E-state index contributed by atoms with van der Waals surface area (Å²) in [5, 5.41) is 20.7. The van der Waals surface area contributed by atoms with Gasteiger partial charge in [0.05, 0.1) is 13.2 Å². The highest BCUT2D eigenvalue weighted by atomic mass is 28.4. The first kappa shape index (κ1) is 19.6. The number of hydrogen-bond donors (Lipinski definition) is 2. The molecule has 0 spiro atoms. The highest BCUT2D eigenvalue weighted by Crippen LogP contribution is 2.38. The van der Waals surface area contributed by atoms with Gasteiger partial charge < -0.3 is 24.1 Å². The second kappa shape index (κ2) is 7.64. The Bertz CT molecular complexity index is 514. The lowest BCUT2D eigenvalue weighted by molar-refractivity contribution is -0.258. The SMILES string of the molecule is CC(C)(C)[Si](C)(C)O[C@@H]1OC[C@@H](O)[C@H](OCc2ccccc2)[C@H]1O. The summed E-state index contributed by atoms with van der Waals surface area (Å²) >= 11 is 0. The van der Waals surface area contributed by atoms with Crippen LogP contribution in [0.5, 0.6) is 0 Å². The van der Waals surface area contributed by atoms with Crippen LogP contribution in [0.3, 0.4) is 0 Å². The molecule has 24 heavy (non-hydrogen) atoms. The van der Waals surface area contributed by atoms with E-state index in [-0.39, 0.29) is 11.6 Å². The van der Waals surface area contributed by atoms with Crippen molar-refractivity contribution in [2.24, 2.45) is 0 Å². The fourth-order valence-electron chi connectivity index (χ4n) is 2.32. The maximum Gasteiger partial charge on any atom is 0.195 e. The van der Waals surface area contributed by atoms with Gasteiger partial charge in [0.25, 0.3) is 0 Å². The molecule has 136 valence electrons. The number of aliphatic hydroxyl groups excluding tert-OH is 2. The van der Waals surface area contributed by atoms with Crippen LogP contribution in [-0.2, 0) is 20.5 Å². The van der Waals surface area contributed by atoms with Crippen LogP contribution in [-0.4, -0.2) is 49.7 Å². The Hall–Kier alpha value is -0.763. The Morgan fingerprint density at radius 1 is 1.17 bits per heavy atom. The lowest BCUT2D eigenvalue weighted by atomic mass is 10.1. The van der Waals surface area contributed by atoms with Gasteiger partial charge in [-0.2, -0.15) is 0 Å². The molecule has 5 nitrogen and oxygen atoms in total. The van der Waals surface area contributed by atoms with Gasteiger partial charge in [-0.15, -0.1) is 0 Å². The Morgan fingerprint density at radius 2 is 1.79 bits per heavy atom. The van der Waals surface area contributed by atoms with Gasteiger partial charge in [0, 0.05) is 0 Å². The third-order valence-electron chi connectivity index (χ3n) is 4.93. The summed E-state index contributed by atoms with van der Waals surface area (Å²) in [5.74, 6) is 0. The number of aliphatic hydroxyl groups is 2. The molecule has 4 atom stereocenters. The van der Waals surface area contributed by atoms with Crippen molar-refractivity contribution in [2.45, 2.75) is 70.1 Å². The average Bonchev–Trinajstić information content (AvgIpc) is 2.50. The van der Waals surface area contributed by atoms with Crippen LogP contribution in [0.15, 0.2) is 30.3 Å². The Kier molecular flexibility index (Phi) is 6.22. The molecule has 0 aliphatic carbocycles. The lowest BCUT2D eigenvalue weighted by Crippen LogP contribution is -2.58. The van der Waals surface area contributed by atoms with Crippen molar-refractivity contribution >= 4 is 8.32 Å². The van der Waals surface area contributed by atoms with Gasteiger partial charge >= 0.3 is 0 Å². The van der Waals surface area contributed by atoms with E-state index >= 15 is 0 Å². The molecule has 1 fully saturated rings. The quantitative estimate of drug-likeness (QED) is 0.796. The van der Waals surface area contributed by atoms with E-state index in [4.69, 9.17) is 13.9 Å². The third-order valence-corrected chi connectivity index (χ3v) is 9.36. The fraction of sp³-hybridized carbons (Fsp3) is 0.667. The van der Waals surface area contributed by atoms with Gasteiger partial charge in [-0.25, -0.2) is 0 Å². The highest BCUT2D eigenvalue weighted by Gasteiger charge is 2.46. The Labute approximate surface area is 145 Å². The molecular formula is C18H30O5Si. The standard InChI is InChI=1S/C18H30O5Si/c1-18(2,3)24(4,5)23-17-15(20)16(14(19)12-22-17)21-11-13-9-7-6-8-10-13/h6-10,14-17,19-20H,11-12H2,1-5H3/t14-,15-,16+,17+/m1/s1. The van der Waals surface area contributed by atoms with Crippen molar-refractivity contribution in [1.82, 2.24) is 0 Å². The van der Waals surface area contributed by atoms with Crippen molar-refractivity contribution in [3.8, 4) is 0 Å². The molecule has 0 saturated carbocycles. The van der Waals surface area contributed by atoms with Crippen molar-refractivity contribution in [3.05, 3.63) is 35.9 Å². The molecule has 0 bridgehead atoms. The summed E-state index contributed by atoms with van der Waals surface area (Å²) in [4.78, 5) is 0. The van der Waals surface area contributed by atoms with E-state index in [2.05, 4.69) is 33.9 Å². The zero-order chi connectivity index (χ0) is 18.0. The zero-order valence-electron chi connectivity index (χ0n) is 15.2. The van der Waals surface area contributed by atoms with E-state index in [1.54, 1.807) is 0 Å². The van der Waals surface area contributed by atoms with Gasteiger partial charge in [-0.05, 0) is 23.7 Å². The summed E-state index contributed by atoms with van der Waals surface area (Å²) in [6.45, 7) is 11.0. The van der Waals surface area contributed by atoms with E-state index in [1.165, 1.54) is 0 Å². The Balaban J connectivity index is 2.01. The van der Waals surface area contributed by atoms with E-state index in [9.17, 15) is 10.2 Å². The normalized spacial score (nSPS) is 28.8. The summed E-state index contributed by atoms with van der Waals surface area (Å²) in [7, 11) is -2.09. The first-order valence-corrected chi connectivity index (χ1v) is 11.3. The number of rotatable bonds is 5. The van der Waals surface area contributed by atoms with Crippen LogP contribution in [0.1, 0.15) is 26.3 Å². The van der Waals surface area contributed by atoms with E-state index in [0.29, 0.717) is 6.61 Å². The number of benzene rings is 1. The van der Waals surface area contributed by atoms with Gasteiger partial charge in [-0.3, -0.25) is 0 Å².